The molecule has 1 rings (SSSR count). The van der Waals surface area contributed by atoms with E-state index in [1.165, 1.54) is 0 Å². The van der Waals surface area contributed by atoms with E-state index in [2.05, 4.69) is 6.92 Å². The molecular formula is C20H32O6. The molecule has 0 bridgehead atoms. The normalized spacial score (nSPS) is 24.9. The molecule has 0 spiro atoms. The molecule has 0 amide bonds. The number of unbranched alkanes of at least 4 members (excludes halogenated alkanes) is 3. The summed E-state index contributed by atoms with van der Waals surface area (Å²) in [7, 11) is 0. The lowest BCUT2D eigenvalue weighted by Gasteiger charge is -2.32. The van der Waals surface area contributed by atoms with Crippen molar-refractivity contribution in [2.24, 2.45) is 5.92 Å². The van der Waals surface area contributed by atoms with Crippen LogP contribution in [-0.4, -0.2) is 45.6 Å². The number of carbonyl (C=O) groups is 2. The summed E-state index contributed by atoms with van der Waals surface area (Å²) in [6.45, 7) is 2.10. The van der Waals surface area contributed by atoms with Gasteiger partial charge in [-0.05, 0) is 31.8 Å². The number of carboxylic acid groups (broad SMARTS) is 1. The molecule has 0 saturated carbocycles. The van der Waals surface area contributed by atoms with E-state index in [9.17, 15) is 19.8 Å². The van der Waals surface area contributed by atoms with Gasteiger partial charge < -0.3 is 20.1 Å². The molecule has 6 heteroatoms. The molecule has 1 fully saturated rings. The minimum Gasteiger partial charge on any atom is -0.481 e. The maximum Gasteiger partial charge on any atom is 0.309 e. The first-order valence-electron chi connectivity index (χ1n) is 9.54. The Bertz CT molecular complexity index is 485. The van der Waals surface area contributed by atoms with Crippen molar-refractivity contribution in [3.8, 4) is 0 Å². The maximum atomic E-state index is 11.6. The number of aliphatic hydroxyl groups is 2. The van der Waals surface area contributed by atoms with Crippen molar-refractivity contribution in [1.82, 2.24) is 0 Å². The van der Waals surface area contributed by atoms with Crippen molar-refractivity contribution >= 4 is 11.9 Å². The molecule has 0 aromatic heterocycles. The standard InChI is InChI=1S/C20H32O6/c1-2-3-6-9-15(21)12-13-18-16(17(22)14-20(25)26-18)10-7-4-5-8-11-19(23)24/h4,7,12-13,15-18,21-22H,2-3,5-6,8-11,14H2,1H3,(H,23,24)/b7-4-,13-12+/t15-,16-,17-,18+/m0/s1. The van der Waals surface area contributed by atoms with Crippen LogP contribution >= 0.6 is 0 Å². The first-order valence-corrected chi connectivity index (χ1v) is 9.54. The van der Waals surface area contributed by atoms with Crippen LogP contribution in [0.1, 0.15) is 64.7 Å². The number of allylic oxidation sites excluding steroid dienone is 2. The predicted molar refractivity (Wildman–Crippen MR) is 98.5 cm³/mol. The molecule has 3 N–H and O–H groups in total. The molecule has 1 saturated heterocycles. The summed E-state index contributed by atoms with van der Waals surface area (Å²) in [5, 5.41) is 28.8. The van der Waals surface area contributed by atoms with Crippen LogP contribution in [0.5, 0.6) is 0 Å². The lowest BCUT2D eigenvalue weighted by molar-refractivity contribution is -0.163. The Morgan fingerprint density at radius 3 is 2.77 bits per heavy atom. The summed E-state index contributed by atoms with van der Waals surface area (Å²) < 4.78 is 5.35. The summed E-state index contributed by atoms with van der Waals surface area (Å²) >= 11 is 0. The monoisotopic (exact) mass is 368 g/mol. The summed E-state index contributed by atoms with van der Waals surface area (Å²) in [5.74, 6) is -1.51. The molecule has 6 nitrogen and oxygen atoms in total. The summed E-state index contributed by atoms with van der Waals surface area (Å²) in [4.78, 5) is 22.1. The second-order valence-electron chi connectivity index (χ2n) is 6.83. The van der Waals surface area contributed by atoms with Gasteiger partial charge in [-0.15, -0.1) is 0 Å². The first-order chi connectivity index (χ1) is 12.4. The third kappa shape index (κ3) is 9.15. The molecule has 0 aromatic carbocycles. The largest absolute Gasteiger partial charge is 0.481 e. The highest BCUT2D eigenvalue weighted by molar-refractivity contribution is 5.71. The van der Waals surface area contributed by atoms with Gasteiger partial charge in [0, 0.05) is 12.3 Å². The Balaban J connectivity index is 2.54. The first kappa shape index (κ1) is 22.4. The van der Waals surface area contributed by atoms with Crippen LogP contribution in [0.2, 0.25) is 0 Å². The molecule has 1 aliphatic rings. The average molecular weight is 368 g/mol. The highest BCUT2D eigenvalue weighted by Crippen LogP contribution is 2.27. The van der Waals surface area contributed by atoms with Crippen molar-refractivity contribution in [3.63, 3.8) is 0 Å². The Kier molecular flexibility index (Phi) is 10.9. The van der Waals surface area contributed by atoms with Crippen molar-refractivity contribution in [2.45, 2.75) is 83.0 Å². The molecular weight excluding hydrogens is 336 g/mol. The highest BCUT2D eigenvalue weighted by Gasteiger charge is 2.35. The molecule has 26 heavy (non-hydrogen) atoms. The van der Waals surface area contributed by atoms with E-state index >= 15 is 0 Å². The molecule has 1 aliphatic heterocycles. The second-order valence-corrected chi connectivity index (χ2v) is 6.83. The molecule has 0 aliphatic carbocycles. The molecule has 0 radical (unpaired) electrons. The van der Waals surface area contributed by atoms with Gasteiger partial charge in [0.1, 0.15) is 6.10 Å². The van der Waals surface area contributed by atoms with Gasteiger partial charge >= 0.3 is 11.9 Å². The number of hydrogen-bond acceptors (Lipinski definition) is 5. The number of hydrogen-bond donors (Lipinski definition) is 3. The van der Waals surface area contributed by atoms with E-state index in [1.54, 1.807) is 12.2 Å². The highest BCUT2D eigenvalue weighted by atomic mass is 16.5. The van der Waals surface area contributed by atoms with Gasteiger partial charge in [-0.3, -0.25) is 9.59 Å². The molecule has 0 unspecified atom stereocenters. The smallest absolute Gasteiger partial charge is 0.309 e. The zero-order valence-electron chi connectivity index (χ0n) is 15.5. The summed E-state index contributed by atoms with van der Waals surface area (Å²) in [6.07, 6.45) is 10.8. The van der Waals surface area contributed by atoms with Crippen LogP contribution in [0.15, 0.2) is 24.3 Å². The van der Waals surface area contributed by atoms with E-state index in [4.69, 9.17) is 9.84 Å². The predicted octanol–water partition coefficient (Wildman–Crippen LogP) is 2.98. The van der Waals surface area contributed by atoms with Crippen molar-refractivity contribution in [2.75, 3.05) is 0 Å². The second kappa shape index (κ2) is 12.7. The Labute approximate surface area is 155 Å². The fourth-order valence-corrected chi connectivity index (χ4v) is 2.98. The topological polar surface area (TPSA) is 104 Å². The zero-order chi connectivity index (χ0) is 19.4. The van der Waals surface area contributed by atoms with Gasteiger partial charge in [0.25, 0.3) is 0 Å². The Morgan fingerprint density at radius 1 is 1.31 bits per heavy atom. The number of carbonyl (C=O) groups excluding carboxylic acids is 1. The van der Waals surface area contributed by atoms with E-state index in [0.717, 1.165) is 19.3 Å². The lowest BCUT2D eigenvalue weighted by Crippen LogP contribution is -2.41. The van der Waals surface area contributed by atoms with Gasteiger partial charge in [0.2, 0.25) is 0 Å². The van der Waals surface area contributed by atoms with Crippen LogP contribution in [0.25, 0.3) is 0 Å². The maximum absolute atomic E-state index is 11.6. The van der Waals surface area contributed by atoms with Crippen molar-refractivity contribution in [1.29, 1.82) is 0 Å². The van der Waals surface area contributed by atoms with Crippen LogP contribution in [0.3, 0.4) is 0 Å². The molecule has 4 atom stereocenters. The van der Waals surface area contributed by atoms with Gasteiger partial charge in [-0.2, -0.15) is 0 Å². The quantitative estimate of drug-likeness (QED) is 0.278. The molecule has 148 valence electrons. The number of esters is 1. The average Bonchev–Trinajstić information content (AvgIpc) is 2.57. The van der Waals surface area contributed by atoms with Gasteiger partial charge in [-0.25, -0.2) is 0 Å². The fourth-order valence-electron chi connectivity index (χ4n) is 2.98. The van der Waals surface area contributed by atoms with Crippen molar-refractivity contribution in [3.05, 3.63) is 24.3 Å². The molecule has 0 aromatic rings. The lowest BCUT2D eigenvalue weighted by atomic mass is 9.87. The van der Waals surface area contributed by atoms with E-state index in [-0.39, 0.29) is 18.8 Å². The van der Waals surface area contributed by atoms with Crippen molar-refractivity contribution < 1.29 is 29.6 Å². The number of rotatable bonds is 12. The summed E-state index contributed by atoms with van der Waals surface area (Å²) in [6, 6.07) is 0. The Morgan fingerprint density at radius 2 is 2.08 bits per heavy atom. The summed E-state index contributed by atoms with van der Waals surface area (Å²) in [5.41, 5.74) is 0. The van der Waals surface area contributed by atoms with Gasteiger partial charge in [-0.1, -0.05) is 44.4 Å². The number of ether oxygens (including phenoxy) is 1. The van der Waals surface area contributed by atoms with Crippen LogP contribution in [0.4, 0.5) is 0 Å². The minimum atomic E-state index is -0.810. The SMILES string of the molecule is CCCCC[C@H](O)/C=C/[C@H]1OC(=O)C[C@H](O)[C@@H]1C/C=C\CCCC(=O)O. The fraction of sp³-hybridized carbons (Fsp3) is 0.700. The van der Waals surface area contributed by atoms with E-state index < -0.39 is 30.3 Å². The minimum absolute atomic E-state index is 0.0269. The van der Waals surface area contributed by atoms with Gasteiger partial charge in [0.05, 0.1) is 18.6 Å². The number of aliphatic hydroxyl groups excluding tert-OH is 2. The van der Waals surface area contributed by atoms with Gasteiger partial charge in [0.15, 0.2) is 0 Å². The van der Waals surface area contributed by atoms with Crippen LogP contribution in [-0.2, 0) is 14.3 Å². The molecule has 1 heterocycles. The number of cyclic esters (lactones) is 1. The third-order valence-electron chi connectivity index (χ3n) is 4.52. The van der Waals surface area contributed by atoms with E-state index in [1.807, 2.05) is 12.2 Å². The number of aliphatic carboxylic acids is 1. The van der Waals surface area contributed by atoms with E-state index in [0.29, 0.717) is 25.7 Å². The Hall–Kier alpha value is -1.66. The van der Waals surface area contributed by atoms with Crippen LogP contribution < -0.4 is 0 Å². The number of carboxylic acids is 1. The third-order valence-corrected chi connectivity index (χ3v) is 4.52. The van der Waals surface area contributed by atoms with Crippen LogP contribution in [0, 0.1) is 5.92 Å². The zero-order valence-corrected chi connectivity index (χ0v) is 15.5.